The molecule has 1 aromatic carbocycles. The van der Waals surface area contributed by atoms with Gasteiger partial charge in [-0.05, 0) is 32.0 Å². The molecule has 1 atom stereocenters. The van der Waals surface area contributed by atoms with Gasteiger partial charge in [0.15, 0.2) is 0 Å². The van der Waals surface area contributed by atoms with Crippen molar-refractivity contribution in [2.45, 2.75) is 26.4 Å². The standard InChI is InChI=1S/C17H21N3O3/c1-10(2)17(22)23-11(3)8-15-18-13-7-6-12(9-14(13)19-15)16(21)20(4)5/h6-7,9,11H,1,8H2,2-5H3,(H,18,19). The van der Waals surface area contributed by atoms with Crippen molar-refractivity contribution < 1.29 is 14.3 Å². The number of carbonyl (C=O) groups is 2. The van der Waals surface area contributed by atoms with E-state index in [4.69, 9.17) is 4.74 Å². The Balaban J connectivity index is 2.15. The quantitative estimate of drug-likeness (QED) is 0.678. The maximum absolute atomic E-state index is 12.0. The van der Waals surface area contributed by atoms with Gasteiger partial charge in [-0.3, -0.25) is 4.79 Å². The number of aromatic nitrogens is 2. The van der Waals surface area contributed by atoms with Crippen LogP contribution in [0.3, 0.4) is 0 Å². The number of ether oxygens (including phenoxy) is 1. The summed E-state index contributed by atoms with van der Waals surface area (Å²) in [6.07, 6.45) is 0.146. The van der Waals surface area contributed by atoms with E-state index < -0.39 is 5.97 Å². The third kappa shape index (κ3) is 3.97. The lowest BCUT2D eigenvalue weighted by molar-refractivity contribution is -0.143. The van der Waals surface area contributed by atoms with E-state index in [0.29, 0.717) is 23.4 Å². The fourth-order valence-electron chi connectivity index (χ4n) is 2.15. The summed E-state index contributed by atoms with van der Waals surface area (Å²) in [6.45, 7) is 6.97. The number of amides is 1. The molecular weight excluding hydrogens is 294 g/mol. The molecule has 0 fully saturated rings. The van der Waals surface area contributed by atoms with Gasteiger partial charge in [0, 0.05) is 31.7 Å². The summed E-state index contributed by atoms with van der Waals surface area (Å²) in [5.74, 6) is 0.232. The van der Waals surface area contributed by atoms with Crippen molar-refractivity contribution in [2.75, 3.05) is 14.1 Å². The summed E-state index contributed by atoms with van der Waals surface area (Å²) in [4.78, 5) is 32.6. The van der Waals surface area contributed by atoms with Crippen LogP contribution in [-0.2, 0) is 16.0 Å². The number of esters is 1. The van der Waals surface area contributed by atoms with Crippen LogP contribution in [0.5, 0.6) is 0 Å². The Kier molecular flexibility index (Phi) is 4.83. The zero-order valence-corrected chi connectivity index (χ0v) is 13.8. The Morgan fingerprint density at radius 2 is 2.09 bits per heavy atom. The maximum atomic E-state index is 12.0. The third-order valence-corrected chi connectivity index (χ3v) is 3.32. The van der Waals surface area contributed by atoms with Gasteiger partial charge in [-0.15, -0.1) is 0 Å². The van der Waals surface area contributed by atoms with Crippen LogP contribution in [0, 0.1) is 0 Å². The first-order valence-electron chi connectivity index (χ1n) is 7.34. The fraction of sp³-hybridized carbons (Fsp3) is 0.353. The number of rotatable bonds is 5. The molecule has 6 nitrogen and oxygen atoms in total. The van der Waals surface area contributed by atoms with Gasteiger partial charge < -0.3 is 14.6 Å². The highest BCUT2D eigenvalue weighted by molar-refractivity contribution is 5.97. The number of aromatic amines is 1. The van der Waals surface area contributed by atoms with Crippen molar-refractivity contribution in [3.63, 3.8) is 0 Å². The normalized spacial score (nSPS) is 12.0. The second-order valence-corrected chi connectivity index (χ2v) is 5.82. The predicted molar refractivity (Wildman–Crippen MR) is 88.2 cm³/mol. The summed E-state index contributed by atoms with van der Waals surface area (Å²) >= 11 is 0. The lowest BCUT2D eigenvalue weighted by Gasteiger charge is -2.11. The monoisotopic (exact) mass is 315 g/mol. The summed E-state index contributed by atoms with van der Waals surface area (Å²) in [6, 6.07) is 5.33. The molecule has 0 spiro atoms. The molecule has 122 valence electrons. The van der Waals surface area contributed by atoms with Gasteiger partial charge >= 0.3 is 5.97 Å². The molecule has 0 saturated heterocycles. The number of H-pyrrole nitrogens is 1. The van der Waals surface area contributed by atoms with Crippen LogP contribution in [0.15, 0.2) is 30.4 Å². The molecule has 0 aliphatic carbocycles. The van der Waals surface area contributed by atoms with Crippen molar-refractivity contribution in [3.05, 3.63) is 41.7 Å². The number of nitrogens with one attached hydrogen (secondary N) is 1. The summed E-state index contributed by atoms with van der Waals surface area (Å²) in [7, 11) is 3.42. The molecule has 1 amide bonds. The summed E-state index contributed by atoms with van der Waals surface area (Å²) < 4.78 is 5.25. The first-order chi connectivity index (χ1) is 10.8. The Morgan fingerprint density at radius 3 is 2.70 bits per heavy atom. The minimum absolute atomic E-state index is 0.0631. The highest BCUT2D eigenvalue weighted by Crippen LogP contribution is 2.16. The van der Waals surface area contributed by atoms with Gasteiger partial charge in [0.25, 0.3) is 5.91 Å². The Bertz CT molecular complexity index is 762. The lowest BCUT2D eigenvalue weighted by Crippen LogP contribution is -2.21. The highest BCUT2D eigenvalue weighted by Gasteiger charge is 2.14. The molecule has 1 unspecified atom stereocenters. The highest BCUT2D eigenvalue weighted by atomic mass is 16.5. The minimum atomic E-state index is -0.410. The Labute approximate surface area is 135 Å². The molecule has 0 radical (unpaired) electrons. The van der Waals surface area contributed by atoms with Crippen molar-refractivity contribution in [1.29, 1.82) is 0 Å². The van der Waals surface area contributed by atoms with E-state index >= 15 is 0 Å². The SMILES string of the molecule is C=C(C)C(=O)OC(C)Cc1nc2ccc(C(=O)N(C)C)cc2[nH]1. The average molecular weight is 315 g/mol. The largest absolute Gasteiger partial charge is 0.459 e. The summed E-state index contributed by atoms with van der Waals surface area (Å²) in [5, 5.41) is 0. The van der Waals surface area contributed by atoms with Crippen LogP contribution >= 0.6 is 0 Å². The second-order valence-electron chi connectivity index (χ2n) is 5.82. The van der Waals surface area contributed by atoms with Crippen LogP contribution in [0.1, 0.15) is 30.0 Å². The van der Waals surface area contributed by atoms with E-state index in [1.54, 1.807) is 46.1 Å². The Morgan fingerprint density at radius 1 is 1.39 bits per heavy atom. The zero-order chi connectivity index (χ0) is 17.1. The topological polar surface area (TPSA) is 75.3 Å². The first-order valence-corrected chi connectivity index (χ1v) is 7.34. The number of imidazole rings is 1. The van der Waals surface area contributed by atoms with Gasteiger partial charge in [-0.1, -0.05) is 6.58 Å². The van der Waals surface area contributed by atoms with Crippen molar-refractivity contribution in [1.82, 2.24) is 14.9 Å². The third-order valence-electron chi connectivity index (χ3n) is 3.32. The van der Waals surface area contributed by atoms with Gasteiger partial charge in [0.1, 0.15) is 11.9 Å². The first kappa shape index (κ1) is 16.7. The maximum Gasteiger partial charge on any atom is 0.333 e. The number of fused-ring (bicyclic) bond motifs is 1. The Hall–Kier alpha value is -2.63. The fourth-order valence-corrected chi connectivity index (χ4v) is 2.15. The van der Waals surface area contributed by atoms with Gasteiger partial charge in [0.05, 0.1) is 11.0 Å². The van der Waals surface area contributed by atoms with E-state index in [0.717, 1.165) is 11.0 Å². The van der Waals surface area contributed by atoms with Crippen molar-refractivity contribution >= 4 is 22.9 Å². The van der Waals surface area contributed by atoms with Crippen LogP contribution in [0.25, 0.3) is 11.0 Å². The number of nitrogens with zero attached hydrogens (tertiary/aromatic N) is 2. The van der Waals surface area contributed by atoms with Crippen molar-refractivity contribution in [2.24, 2.45) is 0 Å². The van der Waals surface area contributed by atoms with Crippen LogP contribution in [0.4, 0.5) is 0 Å². The van der Waals surface area contributed by atoms with Gasteiger partial charge in [-0.25, -0.2) is 9.78 Å². The van der Waals surface area contributed by atoms with E-state index in [9.17, 15) is 9.59 Å². The molecule has 23 heavy (non-hydrogen) atoms. The molecule has 2 rings (SSSR count). The molecule has 0 saturated carbocycles. The van der Waals surface area contributed by atoms with Gasteiger partial charge in [0.2, 0.25) is 0 Å². The predicted octanol–water partition coefficient (Wildman–Crippen LogP) is 2.31. The molecule has 1 N–H and O–H groups in total. The molecule has 1 heterocycles. The minimum Gasteiger partial charge on any atom is -0.459 e. The van der Waals surface area contributed by atoms with Crippen LogP contribution in [-0.4, -0.2) is 46.9 Å². The molecule has 0 bridgehead atoms. The van der Waals surface area contributed by atoms with E-state index in [2.05, 4.69) is 16.5 Å². The molecule has 0 aliphatic rings. The molecule has 1 aromatic heterocycles. The smallest absolute Gasteiger partial charge is 0.333 e. The molecule has 2 aromatic rings. The van der Waals surface area contributed by atoms with Crippen molar-refractivity contribution in [3.8, 4) is 0 Å². The number of hydrogen-bond donors (Lipinski definition) is 1. The van der Waals surface area contributed by atoms with Gasteiger partial charge in [-0.2, -0.15) is 0 Å². The number of hydrogen-bond acceptors (Lipinski definition) is 4. The summed E-state index contributed by atoms with van der Waals surface area (Å²) in [5.41, 5.74) is 2.52. The average Bonchev–Trinajstić information content (AvgIpc) is 2.86. The van der Waals surface area contributed by atoms with Crippen LogP contribution in [0.2, 0.25) is 0 Å². The molecule has 0 aliphatic heterocycles. The zero-order valence-electron chi connectivity index (χ0n) is 13.8. The van der Waals surface area contributed by atoms with E-state index in [-0.39, 0.29) is 12.0 Å². The van der Waals surface area contributed by atoms with E-state index in [1.807, 2.05) is 0 Å². The number of carbonyl (C=O) groups excluding carboxylic acids is 2. The van der Waals surface area contributed by atoms with E-state index in [1.165, 1.54) is 4.90 Å². The molecular formula is C17H21N3O3. The van der Waals surface area contributed by atoms with Crippen LogP contribution < -0.4 is 0 Å². The lowest BCUT2D eigenvalue weighted by atomic mass is 10.2. The second kappa shape index (κ2) is 6.64. The number of benzene rings is 1. The molecule has 6 heteroatoms.